The number of aromatic nitrogens is 4. The van der Waals surface area contributed by atoms with Gasteiger partial charge in [0.1, 0.15) is 17.6 Å². The number of carbonyl (C=O) groups is 1. The Morgan fingerprint density at radius 1 is 1.32 bits per heavy atom. The van der Waals surface area contributed by atoms with E-state index in [1.807, 2.05) is 19.9 Å². The fourth-order valence-electron chi connectivity index (χ4n) is 3.12. The normalized spacial score (nSPS) is 15.0. The molecule has 0 saturated heterocycles. The van der Waals surface area contributed by atoms with Crippen molar-refractivity contribution < 1.29 is 13.7 Å². The van der Waals surface area contributed by atoms with Gasteiger partial charge in [-0.05, 0) is 37.0 Å². The molecule has 2 heterocycles. The molecule has 7 nitrogen and oxygen atoms in total. The summed E-state index contributed by atoms with van der Waals surface area (Å²) in [6, 6.07) is 7.36. The number of nitrogens with zero attached hydrogens (tertiary/aromatic N) is 4. The van der Waals surface area contributed by atoms with Gasteiger partial charge in [0, 0.05) is 18.5 Å². The number of benzene rings is 1. The zero-order valence-electron chi connectivity index (χ0n) is 16.0. The number of halogens is 1. The number of hydrogen-bond acceptors (Lipinski definition) is 5. The summed E-state index contributed by atoms with van der Waals surface area (Å²) in [7, 11) is 1.76. The fraction of sp³-hybridized carbons (Fsp3) is 0.400. The largest absolute Gasteiger partial charge is 0.339 e. The molecule has 0 bridgehead atoms. The van der Waals surface area contributed by atoms with Gasteiger partial charge in [0.2, 0.25) is 11.7 Å². The molecule has 146 valence electrons. The highest BCUT2D eigenvalue weighted by Crippen LogP contribution is 2.39. The van der Waals surface area contributed by atoms with Crippen LogP contribution in [0.4, 0.5) is 4.39 Å². The Kier molecular flexibility index (Phi) is 4.70. The van der Waals surface area contributed by atoms with Crippen LogP contribution in [0.3, 0.4) is 0 Å². The summed E-state index contributed by atoms with van der Waals surface area (Å²) in [5, 5.41) is 11.4. The van der Waals surface area contributed by atoms with Crippen LogP contribution in [0.15, 0.2) is 34.9 Å². The van der Waals surface area contributed by atoms with Gasteiger partial charge in [-0.3, -0.25) is 9.48 Å². The maximum absolute atomic E-state index is 13.5. The molecule has 1 fully saturated rings. The molecule has 1 saturated carbocycles. The van der Waals surface area contributed by atoms with Gasteiger partial charge in [-0.15, -0.1) is 0 Å². The Bertz CT molecular complexity index is 1010. The quantitative estimate of drug-likeness (QED) is 0.703. The first kappa shape index (κ1) is 18.3. The second kappa shape index (κ2) is 7.18. The molecule has 2 aromatic heterocycles. The van der Waals surface area contributed by atoms with E-state index in [1.54, 1.807) is 23.9 Å². The predicted molar refractivity (Wildman–Crippen MR) is 99.9 cm³/mol. The lowest BCUT2D eigenvalue weighted by Crippen LogP contribution is -2.33. The highest BCUT2D eigenvalue weighted by Gasteiger charge is 2.30. The summed E-state index contributed by atoms with van der Waals surface area (Å²) in [5.41, 5.74) is 1.97. The molecule has 4 rings (SSSR count). The van der Waals surface area contributed by atoms with Crippen molar-refractivity contribution in [3.8, 4) is 11.4 Å². The molecular weight excluding hydrogens is 361 g/mol. The zero-order valence-corrected chi connectivity index (χ0v) is 16.0. The van der Waals surface area contributed by atoms with Crippen molar-refractivity contribution in [1.82, 2.24) is 25.2 Å². The zero-order chi connectivity index (χ0) is 19.8. The summed E-state index contributed by atoms with van der Waals surface area (Å²) in [6.07, 6.45) is 2.25. The molecule has 28 heavy (non-hydrogen) atoms. The maximum Gasteiger partial charge on any atom is 0.270 e. The minimum atomic E-state index is -0.471. The van der Waals surface area contributed by atoms with Gasteiger partial charge in [-0.25, -0.2) is 4.39 Å². The Hall–Kier alpha value is -3.03. The van der Waals surface area contributed by atoms with Crippen LogP contribution in [0.1, 0.15) is 60.7 Å². The number of hydrogen-bond donors (Lipinski definition) is 1. The average molecular weight is 383 g/mol. The van der Waals surface area contributed by atoms with E-state index in [4.69, 9.17) is 4.52 Å². The summed E-state index contributed by atoms with van der Waals surface area (Å²) in [6.45, 7) is 3.91. The van der Waals surface area contributed by atoms with E-state index in [2.05, 4.69) is 20.6 Å². The predicted octanol–water partition coefficient (Wildman–Crippen LogP) is 3.61. The number of carbonyl (C=O) groups excluding carboxylic acids is 1. The summed E-state index contributed by atoms with van der Waals surface area (Å²) < 4.78 is 20.4. The van der Waals surface area contributed by atoms with Crippen molar-refractivity contribution in [2.45, 2.75) is 38.6 Å². The lowest BCUT2D eigenvalue weighted by Gasteiger charge is -2.18. The molecule has 1 aliphatic rings. The first-order valence-corrected chi connectivity index (χ1v) is 9.36. The lowest BCUT2D eigenvalue weighted by molar-refractivity contribution is 0.0904. The second-order valence-corrected chi connectivity index (χ2v) is 7.51. The molecule has 1 atom stereocenters. The Balaban J connectivity index is 1.55. The SMILES string of the molecule is CC(C)C(NC(=O)c1cc(C2CC2)nn1C)c1nc(-c2cccc(F)c2)no1. The van der Waals surface area contributed by atoms with Crippen molar-refractivity contribution in [2.75, 3.05) is 0 Å². The molecule has 1 amide bonds. The van der Waals surface area contributed by atoms with Crippen LogP contribution in [0.25, 0.3) is 11.4 Å². The maximum atomic E-state index is 13.5. The monoisotopic (exact) mass is 383 g/mol. The first-order valence-electron chi connectivity index (χ1n) is 9.36. The Morgan fingerprint density at radius 3 is 2.79 bits per heavy atom. The lowest BCUT2D eigenvalue weighted by atomic mass is 10.0. The van der Waals surface area contributed by atoms with Crippen molar-refractivity contribution in [3.05, 3.63) is 53.4 Å². The van der Waals surface area contributed by atoms with Crippen LogP contribution in [0.2, 0.25) is 0 Å². The third-order valence-electron chi connectivity index (χ3n) is 4.87. The van der Waals surface area contributed by atoms with E-state index >= 15 is 0 Å². The van der Waals surface area contributed by atoms with Crippen LogP contribution in [0.5, 0.6) is 0 Å². The minimum Gasteiger partial charge on any atom is -0.339 e. The van der Waals surface area contributed by atoms with Crippen LogP contribution < -0.4 is 5.32 Å². The van der Waals surface area contributed by atoms with Gasteiger partial charge >= 0.3 is 0 Å². The van der Waals surface area contributed by atoms with Crippen molar-refractivity contribution in [2.24, 2.45) is 13.0 Å². The van der Waals surface area contributed by atoms with Gasteiger partial charge in [-0.2, -0.15) is 10.1 Å². The highest BCUT2D eigenvalue weighted by molar-refractivity contribution is 5.93. The van der Waals surface area contributed by atoms with E-state index in [0.29, 0.717) is 17.2 Å². The summed E-state index contributed by atoms with van der Waals surface area (Å²) in [4.78, 5) is 17.2. The van der Waals surface area contributed by atoms with Crippen molar-refractivity contribution in [1.29, 1.82) is 0 Å². The third-order valence-corrected chi connectivity index (χ3v) is 4.87. The average Bonchev–Trinajstić information content (AvgIpc) is 3.26. The van der Waals surface area contributed by atoms with Crippen LogP contribution >= 0.6 is 0 Å². The van der Waals surface area contributed by atoms with Crippen LogP contribution in [-0.2, 0) is 7.05 Å². The van der Waals surface area contributed by atoms with Crippen molar-refractivity contribution >= 4 is 5.91 Å². The minimum absolute atomic E-state index is 0.0147. The molecule has 1 aliphatic carbocycles. The number of nitrogens with one attached hydrogen (secondary N) is 1. The molecule has 1 unspecified atom stereocenters. The van der Waals surface area contributed by atoms with Crippen LogP contribution in [0, 0.1) is 11.7 Å². The van der Waals surface area contributed by atoms with Crippen LogP contribution in [-0.4, -0.2) is 25.8 Å². The summed E-state index contributed by atoms with van der Waals surface area (Å²) in [5.74, 6) is 0.434. The molecule has 1 aromatic carbocycles. The van der Waals surface area contributed by atoms with Gasteiger partial charge in [0.25, 0.3) is 5.91 Å². The topological polar surface area (TPSA) is 85.8 Å². The third kappa shape index (κ3) is 3.67. The van der Waals surface area contributed by atoms with E-state index in [1.165, 1.54) is 12.1 Å². The number of aryl methyl sites for hydroxylation is 1. The molecule has 0 spiro atoms. The highest BCUT2D eigenvalue weighted by atomic mass is 19.1. The molecule has 0 aliphatic heterocycles. The van der Waals surface area contributed by atoms with Gasteiger partial charge in [-0.1, -0.05) is 31.1 Å². The molecule has 3 aromatic rings. The van der Waals surface area contributed by atoms with Gasteiger partial charge in [0.15, 0.2) is 0 Å². The van der Waals surface area contributed by atoms with E-state index in [-0.39, 0.29) is 29.4 Å². The Morgan fingerprint density at radius 2 is 2.11 bits per heavy atom. The van der Waals surface area contributed by atoms with Crippen molar-refractivity contribution in [3.63, 3.8) is 0 Å². The smallest absolute Gasteiger partial charge is 0.270 e. The molecular formula is C20H22FN5O2. The number of amides is 1. The second-order valence-electron chi connectivity index (χ2n) is 7.51. The Labute approximate surface area is 161 Å². The van der Waals surface area contributed by atoms with E-state index < -0.39 is 6.04 Å². The van der Waals surface area contributed by atoms with Gasteiger partial charge in [0.05, 0.1) is 5.69 Å². The number of rotatable bonds is 6. The summed E-state index contributed by atoms with van der Waals surface area (Å²) >= 11 is 0. The fourth-order valence-corrected chi connectivity index (χ4v) is 3.12. The first-order chi connectivity index (χ1) is 13.4. The molecule has 0 radical (unpaired) electrons. The standard InChI is InChI=1S/C20H22FN5O2/c1-11(2)17(20-23-18(25-28-20)13-5-4-6-14(21)9-13)22-19(27)16-10-15(12-7-8-12)24-26(16)3/h4-6,9-12,17H,7-8H2,1-3H3,(H,22,27). The van der Waals surface area contributed by atoms with Gasteiger partial charge < -0.3 is 9.84 Å². The van der Waals surface area contributed by atoms with E-state index in [9.17, 15) is 9.18 Å². The molecule has 8 heteroatoms. The van der Waals surface area contributed by atoms with E-state index in [0.717, 1.165) is 18.5 Å². The molecule has 1 N–H and O–H groups in total.